The summed E-state index contributed by atoms with van der Waals surface area (Å²) in [5, 5.41) is 9.06. The molecule has 0 fully saturated rings. The van der Waals surface area contributed by atoms with Gasteiger partial charge in [-0.15, -0.1) is 0 Å². The van der Waals surface area contributed by atoms with E-state index in [-0.39, 0.29) is 11.9 Å². The number of carbonyl (C=O) groups excluding carboxylic acids is 1. The first-order valence-corrected chi connectivity index (χ1v) is 5.80. The maximum Gasteiger partial charge on any atom is 0.247 e. The zero-order valence-electron chi connectivity index (χ0n) is 10.4. The Labute approximate surface area is 102 Å². The second-order valence-electron chi connectivity index (χ2n) is 5.09. The molecular formula is C14H16N2O. The third-order valence-electron chi connectivity index (χ3n) is 3.24. The minimum Gasteiger partial charge on any atom is -0.308 e. The number of amides is 1. The summed E-state index contributed by atoms with van der Waals surface area (Å²) in [5.41, 5.74) is 1.17. The molecule has 0 saturated carbocycles. The average molecular weight is 228 g/mol. The first-order chi connectivity index (χ1) is 7.97. The number of nitriles is 1. The van der Waals surface area contributed by atoms with Gasteiger partial charge in [-0.1, -0.05) is 18.2 Å². The molecule has 0 spiro atoms. The summed E-state index contributed by atoms with van der Waals surface area (Å²) >= 11 is 0. The Morgan fingerprint density at radius 1 is 1.47 bits per heavy atom. The molecule has 17 heavy (non-hydrogen) atoms. The van der Waals surface area contributed by atoms with Gasteiger partial charge in [0.2, 0.25) is 5.91 Å². The summed E-state index contributed by atoms with van der Waals surface area (Å²) < 4.78 is 0. The number of benzene rings is 1. The number of rotatable bonds is 1. The number of para-hydroxylation sites is 1. The summed E-state index contributed by atoms with van der Waals surface area (Å²) in [6, 6.07) is 10.1. The number of hydrogen-bond donors (Lipinski definition) is 0. The lowest BCUT2D eigenvalue weighted by atomic mass is 9.93. The topological polar surface area (TPSA) is 44.1 Å². The molecule has 3 nitrogen and oxygen atoms in total. The van der Waals surface area contributed by atoms with Crippen LogP contribution in [0.3, 0.4) is 0 Å². The highest BCUT2D eigenvalue weighted by Crippen LogP contribution is 2.35. The molecule has 0 aromatic heterocycles. The van der Waals surface area contributed by atoms with Crippen molar-refractivity contribution in [2.75, 3.05) is 4.90 Å². The summed E-state index contributed by atoms with van der Waals surface area (Å²) in [6.45, 7) is 5.36. The van der Waals surface area contributed by atoms with E-state index in [4.69, 9.17) is 5.26 Å². The van der Waals surface area contributed by atoms with Crippen LogP contribution in [0.4, 0.5) is 5.69 Å². The molecule has 3 heteroatoms. The minimum absolute atomic E-state index is 0.113. The molecule has 1 atom stereocenters. The summed E-state index contributed by atoms with van der Waals surface area (Å²) in [6.07, 6.45) is 0.865. The Bertz CT molecular complexity index is 499. The van der Waals surface area contributed by atoms with Gasteiger partial charge in [0.25, 0.3) is 0 Å². The van der Waals surface area contributed by atoms with E-state index in [1.807, 2.05) is 31.2 Å². The van der Waals surface area contributed by atoms with Crippen molar-refractivity contribution in [1.82, 2.24) is 0 Å². The Kier molecular flexibility index (Phi) is 2.66. The van der Waals surface area contributed by atoms with E-state index in [1.54, 1.807) is 18.7 Å². The fourth-order valence-electron chi connectivity index (χ4n) is 2.22. The normalized spacial score (nSPS) is 18.7. The van der Waals surface area contributed by atoms with Gasteiger partial charge in [0.1, 0.15) is 5.41 Å². The van der Waals surface area contributed by atoms with E-state index in [0.717, 1.165) is 12.1 Å². The molecule has 1 amide bonds. The fourth-order valence-corrected chi connectivity index (χ4v) is 2.22. The van der Waals surface area contributed by atoms with Gasteiger partial charge in [-0.25, -0.2) is 0 Å². The van der Waals surface area contributed by atoms with Gasteiger partial charge < -0.3 is 4.90 Å². The molecule has 0 bridgehead atoms. The lowest BCUT2D eigenvalue weighted by molar-refractivity contribution is -0.124. The van der Waals surface area contributed by atoms with E-state index < -0.39 is 5.41 Å². The van der Waals surface area contributed by atoms with Crippen molar-refractivity contribution >= 4 is 11.6 Å². The van der Waals surface area contributed by atoms with Crippen LogP contribution in [-0.2, 0) is 11.2 Å². The van der Waals surface area contributed by atoms with Gasteiger partial charge in [-0.3, -0.25) is 4.79 Å². The number of carbonyl (C=O) groups is 1. The molecule has 1 aliphatic rings. The van der Waals surface area contributed by atoms with Gasteiger partial charge in [0.15, 0.2) is 0 Å². The number of fused-ring (bicyclic) bond motifs is 1. The zero-order chi connectivity index (χ0) is 12.6. The minimum atomic E-state index is -0.967. The van der Waals surface area contributed by atoms with Gasteiger partial charge in [-0.05, 0) is 38.8 Å². The summed E-state index contributed by atoms with van der Waals surface area (Å²) in [5.74, 6) is -0.113. The third-order valence-corrected chi connectivity index (χ3v) is 3.24. The predicted molar refractivity (Wildman–Crippen MR) is 66.5 cm³/mol. The molecule has 2 rings (SSSR count). The van der Waals surface area contributed by atoms with Crippen LogP contribution in [0.5, 0.6) is 0 Å². The lowest BCUT2D eigenvalue weighted by Gasteiger charge is -2.28. The molecule has 0 radical (unpaired) electrons. The van der Waals surface area contributed by atoms with Crippen molar-refractivity contribution in [3.63, 3.8) is 0 Å². The highest BCUT2D eigenvalue weighted by molar-refractivity contribution is 6.01. The van der Waals surface area contributed by atoms with Gasteiger partial charge in [0, 0.05) is 11.7 Å². The maximum atomic E-state index is 12.4. The molecule has 0 N–H and O–H groups in total. The molecule has 1 heterocycles. The van der Waals surface area contributed by atoms with Crippen LogP contribution >= 0.6 is 0 Å². The quantitative estimate of drug-likeness (QED) is 0.741. The molecule has 1 aromatic rings. The highest BCUT2D eigenvalue weighted by Gasteiger charge is 2.38. The number of hydrogen-bond acceptors (Lipinski definition) is 2. The van der Waals surface area contributed by atoms with Crippen LogP contribution in [0.15, 0.2) is 24.3 Å². The van der Waals surface area contributed by atoms with E-state index in [2.05, 4.69) is 6.07 Å². The van der Waals surface area contributed by atoms with Crippen molar-refractivity contribution in [3.05, 3.63) is 29.8 Å². The van der Waals surface area contributed by atoms with E-state index in [9.17, 15) is 4.79 Å². The monoisotopic (exact) mass is 228 g/mol. The van der Waals surface area contributed by atoms with Crippen LogP contribution in [-0.4, -0.2) is 11.9 Å². The number of nitrogens with zero attached hydrogens (tertiary/aromatic N) is 2. The van der Waals surface area contributed by atoms with E-state index in [0.29, 0.717) is 0 Å². The van der Waals surface area contributed by atoms with Crippen LogP contribution in [0.25, 0.3) is 0 Å². The molecule has 1 aromatic carbocycles. The number of anilines is 1. The molecular weight excluding hydrogens is 212 g/mol. The van der Waals surface area contributed by atoms with Gasteiger partial charge in [0.05, 0.1) is 6.07 Å². The van der Waals surface area contributed by atoms with E-state index >= 15 is 0 Å². The summed E-state index contributed by atoms with van der Waals surface area (Å²) in [7, 11) is 0. The van der Waals surface area contributed by atoms with E-state index in [1.165, 1.54) is 5.56 Å². The van der Waals surface area contributed by atoms with Crippen LogP contribution in [0.2, 0.25) is 0 Å². The lowest BCUT2D eigenvalue weighted by Crippen LogP contribution is -2.43. The maximum absolute atomic E-state index is 12.4. The second-order valence-corrected chi connectivity index (χ2v) is 5.09. The first-order valence-electron chi connectivity index (χ1n) is 5.80. The Morgan fingerprint density at radius 2 is 2.12 bits per heavy atom. The SMILES string of the molecule is CC1Cc2ccccc2N1C(=O)C(C)(C)C#N. The van der Waals surface area contributed by atoms with Crippen LogP contribution < -0.4 is 4.90 Å². The predicted octanol–water partition coefficient (Wildman–Crippen LogP) is 2.51. The Morgan fingerprint density at radius 3 is 2.76 bits per heavy atom. The largest absolute Gasteiger partial charge is 0.308 e. The molecule has 88 valence electrons. The van der Waals surface area contributed by atoms with Crippen molar-refractivity contribution in [1.29, 1.82) is 5.26 Å². The molecule has 0 aliphatic carbocycles. The molecule has 0 saturated heterocycles. The second kappa shape index (κ2) is 3.89. The van der Waals surface area contributed by atoms with Gasteiger partial charge >= 0.3 is 0 Å². The van der Waals surface area contributed by atoms with Crippen molar-refractivity contribution in [2.45, 2.75) is 33.2 Å². The Balaban J connectivity index is 2.41. The summed E-state index contributed by atoms with van der Waals surface area (Å²) in [4.78, 5) is 14.1. The molecule has 1 aliphatic heterocycles. The molecule has 1 unspecified atom stereocenters. The van der Waals surface area contributed by atoms with Crippen molar-refractivity contribution < 1.29 is 4.79 Å². The van der Waals surface area contributed by atoms with Crippen molar-refractivity contribution in [3.8, 4) is 6.07 Å². The van der Waals surface area contributed by atoms with Gasteiger partial charge in [-0.2, -0.15) is 5.26 Å². The fraction of sp³-hybridized carbons (Fsp3) is 0.429. The smallest absolute Gasteiger partial charge is 0.247 e. The first kappa shape index (κ1) is 11.7. The van der Waals surface area contributed by atoms with Crippen molar-refractivity contribution in [2.24, 2.45) is 5.41 Å². The Hall–Kier alpha value is -1.82. The average Bonchev–Trinajstić information content (AvgIpc) is 2.64. The third kappa shape index (κ3) is 1.80. The van der Waals surface area contributed by atoms with Crippen LogP contribution in [0, 0.1) is 16.7 Å². The standard InChI is InChI=1S/C14H16N2O/c1-10-8-11-6-4-5-7-12(11)16(10)13(17)14(2,3)9-15/h4-7,10H,8H2,1-3H3. The zero-order valence-corrected chi connectivity index (χ0v) is 10.4. The highest BCUT2D eigenvalue weighted by atomic mass is 16.2. The van der Waals surface area contributed by atoms with Crippen LogP contribution in [0.1, 0.15) is 26.3 Å².